The number of aromatic nitrogens is 3. The topological polar surface area (TPSA) is 34.8 Å². The highest BCUT2D eigenvalue weighted by Gasteiger charge is 2.33. The second-order valence-corrected chi connectivity index (χ2v) is 11.6. The van der Waals surface area contributed by atoms with Gasteiger partial charge in [-0.1, -0.05) is 82.5 Å². The average Bonchev–Trinajstić information content (AvgIpc) is 3.50. The van der Waals surface area contributed by atoms with E-state index < -0.39 is 0 Å². The van der Waals surface area contributed by atoms with Gasteiger partial charge in [-0.2, -0.15) is 0 Å². The molecule has 0 aliphatic heterocycles. The van der Waals surface area contributed by atoms with E-state index in [2.05, 4.69) is 136 Å². The summed E-state index contributed by atoms with van der Waals surface area (Å²) in [5, 5.41) is 7.61. The second-order valence-electron chi connectivity index (χ2n) is 11.6. The van der Waals surface area contributed by atoms with E-state index in [0.717, 1.165) is 56.0 Å². The van der Waals surface area contributed by atoms with E-state index in [9.17, 15) is 0 Å². The van der Waals surface area contributed by atoms with Crippen LogP contribution in [-0.2, 0) is 7.05 Å². The van der Waals surface area contributed by atoms with E-state index in [4.69, 9.17) is 9.52 Å². The maximum Gasteiger partial charge on any atom is 0.309 e. The van der Waals surface area contributed by atoms with Crippen LogP contribution in [0.5, 0.6) is 0 Å². The van der Waals surface area contributed by atoms with E-state index in [1.807, 2.05) is 12.1 Å². The Morgan fingerprint density at radius 3 is 2.00 bits per heavy atom. The molecule has 42 heavy (non-hydrogen) atoms. The van der Waals surface area contributed by atoms with Gasteiger partial charge in [-0.25, -0.2) is 4.57 Å². The molecular formula is C38H34N3O+. The normalized spacial score (nSPS) is 11.6. The number of hydrogen-bond donors (Lipinski definition) is 0. The van der Waals surface area contributed by atoms with Crippen molar-refractivity contribution in [3.05, 3.63) is 125 Å². The van der Waals surface area contributed by atoms with Crippen LogP contribution in [-0.4, -0.2) is 9.78 Å². The minimum absolute atomic E-state index is 0.885. The molecule has 0 bridgehead atoms. The summed E-state index contributed by atoms with van der Waals surface area (Å²) in [4.78, 5) is 0. The Balaban J connectivity index is 1.56. The van der Waals surface area contributed by atoms with Crippen LogP contribution in [0.2, 0.25) is 0 Å². The van der Waals surface area contributed by atoms with Crippen molar-refractivity contribution in [2.24, 2.45) is 7.05 Å². The molecule has 0 atom stereocenters. The Kier molecular flexibility index (Phi) is 6.09. The summed E-state index contributed by atoms with van der Waals surface area (Å²) >= 11 is 0. The molecule has 0 aliphatic carbocycles. The fraction of sp³-hybridized carbons (Fsp3) is 0.158. The third-order valence-corrected chi connectivity index (χ3v) is 8.30. The first-order valence-corrected chi connectivity index (χ1v) is 14.5. The number of fused-ring (bicyclic) bond motifs is 3. The molecule has 0 spiro atoms. The zero-order valence-corrected chi connectivity index (χ0v) is 25.0. The fourth-order valence-corrected chi connectivity index (χ4v) is 6.49. The molecule has 7 aromatic rings. The predicted octanol–water partition coefficient (Wildman–Crippen LogP) is 9.14. The SMILES string of the molecule is Cc1cc(C)cc(-c2nn(-c3c(C)cc(-c4ccccc4)cc3C)c(-c3c(C)ccc4c3oc3ccccc34)[n+]2C)c1. The number of rotatable bonds is 4. The Morgan fingerprint density at radius 2 is 1.29 bits per heavy atom. The zero-order valence-electron chi connectivity index (χ0n) is 25.0. The molecule has 4 heteroatoms. The van der Waals surface area contributed by atoms with Crippen molar-refractivity contribution in [3.63, 3.8) is 0 Å². The van der Waals surface area contributed by atoms with Crippen molar-refractivity contribution < 1.29 is 8.98 Å². The number of para-hydroxylation sites is 1. The first kappa shape index (κ1) is 26.0. The Labute approximate surface area is 246 Å². The third kappa shape index (κ3) is 4.14. The summed E-state index contributed by atoms with van der Waals surface area (Å²) < 4.78 is 11.0. The molecule has 0 N–H and O–H groups in total. The van der Waals surface area contributed by atoms with E-state index in [0.29, 0.717) is 0 Å². The van der Waals surface area contributed by atoms with E-state index in [1.54, 1.807) is 0 Å². The van der Waals surface area contributed by atoms with Crippen LogP contribution >= 0.6 is 0 Å². The number of nitrogens with zero attached hydrogens (tertiary/aromatic N) is 3. The van der Waals surface area contributed by atoms with Crippen LogP contribution < -0.4 is 4.57 Å². The van der Waals surface area contributed by atoms with Gasteiger partial charge in [-0.05, 0) is 92.8 Å². The summed E-state index contributed by atoms with van der Waals surface area (Å²) in [6, 6.07) is 34.4. The minimum Gasteiger partial charge on any atom is -0.455 e. The van der Waals surface area contributed by atoms with Gasteiger partial charge in [0.1, 0.15) is 16.9 Å². The van der Waals surface area contributed by atoms with Crippen molar-refractivity contribution in [1.29, 1.82) is 0 Å². The van der Waals surface area contributed by atoms with E-state index in [-0.39, 0.29) is 0 Å². The molecule has 4 nitrogen and oxygen atoms in total. The van der Waals surface area contributed by atoms with Crippen molar-refractivity contribution in [3.8, 4) is 39.6 Å². The predicted molar refractivity (Wildman–Crippen MR) is 172 cm³/mol. The van der Waals surface area contributed by atoms with Gasteiger partial charge < -0.3 is 4.42 Å². The average molecular weight is 549 g/mol. The minimum atomic E-state index is 0.885. The van der Waals surface area contributed by atoms with Gasteiger partial charge in [0.2, 0.25) is 0 Å². The van der Waals surface area contributed by atoms with Crippen LogP contribution in [0, 0.1) is 34.6 Å². The molecule has 206 valence electrons. The van der Waals surface area contributed by atoms with Crippen molar-refractivity contribution >= 4 is 21.9 Å². The Morgan fingerprint density at radius 1 is 0.619 bits per heavy atom. The summed E-state index contributed by atoms with van der Waals surface area (Å²) in [5.74, 6) is 1.90. The lowest BCUT2D eigenvalue weighted by atomic mass is 9.98. The van der Waals surface area contributed by atoms with Gasteiger partial charge in [-0.3, -0.25) is 0 Å². The van der Waals surface area contributed by atoms with Crippen LogP contribution in [0.3, 0.4) is 0 Å². The standard InChI is InChI=1S/C38H34N3O/c1-23-18-24(2)20-30(19-23)37-39-41(35-26(4)21-29(22-27(35)5)28-12-8-7-9-13-28)38(40(37)6)34-25(3)16-17-32-31-14-10-11-15-33(31)42-36(32)34/h7-22H,1-6H3/q+1. The highest BCUT2D eigenvalue weighted by Crippen LogP contribution is 2.39. The molecule has 0 saturated heterocycles. The maximum absolute atomic E-state index is 6.60. The molecule has 2 heterocycles. The molecular weight excluding hydrogens is 514 g/mol. The molecule has 0 fully saturated rings. The lowest BCUT2D eigenvalue weighted by Gasteiger charge is -2.12. The second kappa shape index (κ2) is 9.85. The van der Waals surface area contributed by atoms with Gasteiger partial charge in [0, 0.05) is 10.8 Å². The monoisotopic (exact) mass is 548 g/mol. The first-order chi connectivity index (χ1) is 20.3. The van der Waals surface area contributed by atoms with Crippen LogP contribution in [0.15, 0.2) is 101 Å². The Hall–Kier alpha value is -4.96. The van der Waals surface area contributed by atoms with Crippen LogP contribution in [0.1, 0.15) is 27.8 Å². The quantitative estimate of drug-likeness (QED) is 0.206. The van der Waals surface area contributed by atoms with Gasteiger partial charge in [0.15, 0.2) is 0 Å². The lowest BCUT2D eigenvalue weighted by Crippen LogP contribution is -2.32. The van der Waals surface area contributed by atoms with Crippen molar-refractivity contribution in [2.75, 3.05) is 0 Å². The maximum atomic E-state index is 6.60. The highest BCUT2D eigenvalue weighted by atomic mass is 16.3. The van der Waals surface area contributed by atoms with Gasteiger partial charge in [0.05, 0.1) is 23.3 Å². The summed E-state index contributed by atoms with van der Waals surface area (Å²) in [6.07, 6.45) is 0. The lowest BCUT2D eigenvalue weighted by molar-refractivity contribution is -0.649. The van der Waals surface area contributed by atoms with Gasteiger partial charge in [0.25, 0.3) is 5.82 Å². The molecule has 2 aromatic heterocycles. The van der Waals surface area contributed by atoms with Gasteiger partial charge >= 0.3 is 5.82 Å². The number of hydrogen-bond acceptors (Lipinski definition) is 2. The van der Waals surface area contributed by atoms with Crippen LogP contribution in [0.25, 0.3) is 61.5 Å². The Bertz CT molecular complexity index is 2100. The van der Waals surface area contributed by atoms with Crippen molar-refractivity contribution in [2.45, 2.75) is 34.6 Å². The summed E-state index contributed by atoms with van der Waals surface area (Å²) in [5.41, 5.74) is 13.3. The number of furan rings is 1. The zero-order chi connectivity index (χ0) is 29.1. The summed E-state index contributed by atoms with van der Waals surface area (Å²) in [6.45, 7) is 10.8. The van der Waals surface area contributed by atoms with Crippen LogP contribution in [0.4, 0.5) is 0 Å². The fourth-order valence-electron chi connectivity index (χ4n) is 6.49. The van der Waals surface area contributed by atoms with E-state index >= 15 is 0 Å². The molecule has 0 saturated carbocycles. The first-order valence-electron chi connectivity index (χ1n) is 14.5. The summed E-state index contributed by atoms with van der Waals surface area (Å²) in [7, 11) is 2.12. The third-order valence-electron chi connectivity index (χ3n) is 8.30. The molecule has 0 unspecified atom stereocenters. The van der Waals surface area contributed by atoms with Gasteiger partial charge in [-0.15, -0.1) is 0 Å². The molecule has 0 aliphatic rings. The largest absolute Gasteiger partial charge is 0.455 e. The van der Waals surface area contributed by atoms with Crippen molar-refractivity contribution in [1.82, 2.24) is 9.78 Å². The smallest absolute Gasteiger partial charge is 0.309 e. The molecule has 7 rings (SSSR count). The number of aryl methyl sites for hydroxylation is 5. The van der Waals surface area contributed by atoms with E-state index in [1.165, 1.54) is 33.4 Å². The molecule has 0 amide bonds. The number of benzene rings is 5. The molecule has 5 aromatic carbocycles. The molecule has 0 radical (unpaired) electrons. The highest BCUT2D eigenvalue weighted by molar-refractivity contribution is 6.09.